The Morgan fingerprint density at radius 1 is 1.21 bits per heavy atom. The van der Waals surface area contributed by atoms with Crippen LogP contribution in [0.5, 0.6) is 5.75 Å². The molecule has 0 saturated heterocycles. The molecule has 1 nitrogen and oxygen atoms in total. The van der Waals surface area contributed by atoms with E-state index in [1.165, 1.54) is 11.1 Å². The molecule has 0 amide bonds. The summed E-state index contributed by atoms with van der Waals surface area (Å²) in [6, 6.07) is 14.3. The Morgan fingerprint density at radius 2 is 2.00 bits per heavy atom. The van der Waals surface area contributed by atoms with Gasteiger partial charge in [0.25, 0.3) is 0 Å². The summed E-state index contributed by atoms with van der Waals surface area (Å²) in [5, 5.41) is -0.0536. The highest BCUT2D eigenvalue weighted by Crippen LogP contribution is 2.32. The first kappa shape index (κ1) is 14.4. The van der Waals surface area contributed by atoms with Gasteiger partial charge in [0.05, 0.1) is 12.5 Å². The van der Waals surface area contributed by atoms with Crippen LogP contribution in [0.4, 0.5) is 0 Å². The molecule has 19 heavy (non-hydrogen) atoms. The summed E-state index contributed by atoms with van der Waals surface area (Å²) < 4.78 is 6.29. The Labute approximate surface area is 127 Å². The van der Waals surface area contributed by atoms with E-state index in [2.05, 4.69) is 47.1 Å². The summed E-state index contributed by atoms with van der Waals surface area (Å²) in [4.78, 5) is 0. The van der Waals surface area contributed by atoms with Crippen molar-refractivity contribution in [2.75, 3.05) is 7.11 Å². The Balaban J connectivity index is 2.17. The van der Waals surface area contributed by atoms with Gasteiger partial charge in [0.15, 0.2) is 0 Å². The number of methoxy groups -OCH3 is 1. The maximum Gasteiger partial charge on any atom is 0.119 e. The van der Waals surface area contributed by atoms with Crippen LogP contribution in [0.3, 0.4) is 0 Å². The topological polar surface area (TPSA) is 9.23 Å². The smallest absolute Gasteiger partial charge is 0.119 e. The van der Waals surface area contributed by atoms with Crippen LogP contribution in [0.2, 0.25) is 0 Å². The van der Waals surface area contributed by atoms with Crippen LogP contribution in [0.1, 0.15) is 22.1 Å². The molecule has 0 aliphatic carbocycles. The fraction of sp³-hybridized carbons (Fsp3) is 0.250. The van der Waals surface area contributed by atoms with Gasteiger partial charge in [-0.05, 0) is 48.2 Å². The van der Waals surface area contributed by atoms with E-state index in [-0.39, 0.29) is 5.38 Å². The molecule has 0 fully saturated rings. The van der Waals surface area contributed by atoms with Gasteiger partial charge in [-0.25, -0.2) is 0 Å². The van der Waals surface area contributed by atoms with Gasteiger partial charge >= 0.3 is 0 Å². The van der Waals surface area contributed by atoms with E-state index in [4.69, 9.17) is 16.3 Å². The Kier molecular flexibility index (Phi) is 4.89. The minimum atomic E-state index is -0.0536. The molecule has 2 aromatic carbocycles. The highest BCUT2D eigenvalue weighted by atomic mass is 79.9. The number of hydrogen-bond acceptors (Lipinski definition) is 1. The standard InChI is InChI=1S/C16H16BrClO/c1-11-6-7-14(15(17)8-11)16(18)10-12-4-3-5-13(9-12)19-2/h3-9,16H,10H2,1-2H3. The van der Waals surface area contributed by atoms with Crippen LogP contribution in [0.15, 0.2) is 46.9 Å². The van der Waals surface area contributed by atoms with Crippen molar-refractivity contribution >= 4 is 27.5 Å². The number of hydrogen-bond donors (Lipinski definition) is 0. The molecule has 1 atom stereocenters. The Hall–Kier alpha value is -0.990. The molecule has 0 aliphatic heterocycles. The lowest BCUT2D eigenvalue weighted by Crippen LogP contribution is -1.98. The van der Waals surface area contributed by atoms with Crippen molar-refractivity contribution in [1.82, 2.24) is 0 Å². The third-order valence-electron chi connectivity index (χ3n) is 3.04. The lowest BCUT2D eigenvalue weighted by Gasteiger charge is -2.13. The van der Waals surface area contributed by atoms with Crippen LogP contribution in [0.25, 0.3) is 0 Å². The SMILES string of the molecule is COc1cccc(CC(Cl)c2ccc(C)cc2Br)c1. The molecule has 0 aliphatic rings. The summed E-state index contributed by atoms with van der Waals surface area (Å²) in [6.45, 7) is 2.07. The normalized spacial score (nSPS) is 12.2. The van der Waals surface area contributed by atoms with Gasteiger partial charge < -0.3 is 4.74 Å². The van der Waals surface area contributed by atoms with Crippen LogP contribution >= 0.6 is 27.5 Å². The van der Waals surface area contributed by atoms with Crippen LogP contribution in [0, 0.1) is 6.92 Å². The largest absolute Gasteiger partial charge is 0.497 e. The number of halogens is 2. The van der Waals surface area contributed by atoms with E-state index in [1.807, 2.05) is 18.2 Å². The molecule has 2 aromatic rings. The third-order valence-corrected chi connectivity index (χ3v) is 4.12. The zero-order valence-corrected chi connectivity index (χ0v) is 13.3. The minimum absolute atomic E-state index is 0.0536. The molecule has 0 radical (unpaired) electrons. The maximum atomic E-state index is 6.52. The second-order valence-electron chi connectivity index (χ2n) is 4.55. The van der Waals surface area contributed by atoms with E-state index in [0.29, 0.717) is 0 Å². The molecular weight excluding hydrogens is 324 g/mol. The van der Waals surface area contributed by atoms with Crippen molar-refractivity contribution in [3.05, 3.63) is 63.6 Å². The number of rotatable bonds is 4. The Morgan fingerprint density at radius 3 is 2.68 bits per heavy atom. The van der Waals surface area contributed by atoms with Crippen molar-refractivity contribution in [2.24, 2.45) is 0 Å². The highest BCUT2D eigenvalue weighted by Gasteiger charge is 2.12. The molecule has 3 heteroatoms. The van der Waals surface area contributed by atoms with E-state index < -0.39 is 0 Å². The molecule has 0 bridgehead atoms. The monoisotopic (exact) mass is 338 g/mol. The molecule has 1 unspecified atom stereocenters. The minimum Gasteiger partial charge on any atom is -0.497 e. The zero-order valence-electron chi connectivity index (χ0n) is 11.0. The van der Waals surface area contributed by atoms with Crippen molar-refractivity contribution < 1.29 is 4.74 Å². The van der Waals surface area contributed by atoms with E-state index in [1.54, 1.807) is 7.11 Å². The molecule has 2 rings (SSSR count). The highest BCUT2D eigenvalue weighted by molar-refractivity contribution is 9.10. The van der Waals surface area contributed by atoms with E-state index >= 15 is 0 Å². The fourth-order valence-corrected chi connectivity index (χ4v) is 3.27. The van der Waals surface area contributed by atoms with Crippen molar-refractivity contribution in [2.45, 2.75) is 18.7 Å². The Bertz CT molecular complexity index is 568. The first-order valence-corrected chi connectivity index (χ1v) is 7.36. The number of aryl methyl sites for hydroxylation is 1. The molecule has 0 spiro atoms. The average Bonchev–Trinajstić information content (AvgIpc) is 2.38. The summed E-state index contributed by atoms with van der Waals surface area (Å²) >= 11 is 10.1. The van der Waals surface area contributed by atoms with Crippen molar-refractivity contribution in [1.29, 1.82) is 0 Å². The molecule has 100 valence electrons. The molecule has 0 saturated carbocycles. The number of alkyl halides is 1. The van der Waals surface area contributed by atoms with Gasteiger partial charge in [-0.3, -0.25) is 0 Å². The van der Waals surface area contributed by atoms with E-state index in [9.17, 15) is 0 Å². The van der Waals surface area contributed by atoms with Gasteiger partial charge in [0.2, 0.25) is 0 Å². The first-order chi connectivity index (χ1) is 9.10. The summed E-state index contributed by atoms with van der Waals surface area (Å²) in [5.41, 5.74) is 3.52. The third kappa shape index (κ3) is 3.74. The van der Waals surface area contributed by atoms with E-state index in [0.717, 1.165) is 22.2 Å². The van der Waals surface area contributed by atoms with Gasteiger partial charge in [0, 0.05) is 4.47 Å². The first-order valence-electron chi connectivity index (χ1n) is 6.13. The number of benzene rings is 2. The molecule has 0 heterocycles. The second-order valence-corrected chi connectivity index (χ2v) is 5.93. The van der Waals surface area contributed by atoms with Crippen molar-refractivity contribution in [3.63, 3.8) is 0 Å². The van der Waals surface area contributed by atoms with Gasteiger partial charge in [-0.1, -0.05) is 40.2 Å². The molecule has 0 aromatic heterocycles. The summed E-state index contributed by atoms with van der Waals surface area (Å²) in [7, 11) is 1.67. The summed E-state index contributed by atoms with van der Waals surface area (Å²) in [5.74, 6) is 0.865. The van der Waals surface area contributed by atoms with Crippen LogP contribution < -0.4 is 4.74 Å². The lowest BCUT2D eigenvalue weighted by atomic mass is 10.0. The molecule has 0 N–H and O–H groups in total. The van der Waals surface area contributed by atoms with Gasteiger partial charge in [0.1, 0.15) is 5.75 Å². The van der Waals surface area contributed by atoms with Gasteiger partial charge in [-0.15, -0.1) is 11.6 Å². The van der Waals surface area contributed by atoms with Crippen molar-refractivity contribution in [3.8, 4) is 5.75 Å². The fourth-order valence-electron chi connectivity index (χ4n) is 2.00. The second kappa shape index (κ2) is 6.44. The summed E-state index contributed by atoms with van der Waals surface area (Å²) in [6.07, 6.45) is 0.778. The maximum absolute atomic E-state index is 6.52. The van der Waals surface area contributed by atoms with Gasteiger partial charge in [-0.2, -0.15) is 0 Å². The van der Waals surface area contributed by atoms with Crippen LogP contribution in [-0.2, 0) is 6.42 Å². The quantitative estimate of drug-likeness (QED) is 0.688. The predicted octanol–water partition coefficient (Wildman–Crippen LogP) is 5.29. The zero-order chi connectivity index (χ0) is 13.8. The predicted molar refractivity (Wildman–Crippen MR) is 84.2 cm³/mol. The lowest BCUT2D eigenvalue weighted by molar-refractivity contribution is 0.414. The van der Waals surface area contributed by atoms with Crippen LogP contribution in [-0.4, -0.2) is 7.11 Å². The average molecular weight is 340 g/mol. The molecular formula is C16H16BrClO. The number of ether oxygens (including phenoxy) is 1.